The van der Waals surface area contributed by atoms with Gasteiger partial charge in [0.05, 0.1) is 19.8 Å². The molecule has 4 nitrogen and oxygen atoms in total. The molecule has 0 heterocycles. The quantitative estimate of drug-likeness (QED) is 0.537. The Kier molecular flexibility index (Phi) is 6.49. The summed E-state index contributed by atoms with van der Waals surface area (Å²) in [5.74, 6) is 0.929. The summed E-state index contributed by atoms with van der Waals surface area (Å²) in [6.45, 7) is 9.17. The van der Waals surface area contributed by atoms with Crippen LogP contribution in [0.1, 0.15) is 74.8 Å². The molecule has 0 radical (unpaired) electrons. The average Bonchev–Trinajstić information content (AvgIpc) is 2.73. The maximum atomic E-state index is 10.8. The molecule has 1 aliphatic carbocycles. The first kappa shape index (κ1) is 22.9. The Morgan fingerprint density at radius 3 is 2.23 bits per heavy atom. The van der Waals surface area contributed by atoms with Gasteiger partial charge in [-0.2, -0.15) is 0 Å². The van der Waals surface area contributed by atoms with Crippen molar-refractivity contribution >= 4 is 18.1 Å². The molecule has 3 rings (SSSR count). The molecule has 0 atom stereocenters. The largest absolute Gasteiger partial charge is 0.496 e. The van der Waals surface area contributed by atoms with Gasteiger partial charge in [0.25, 0.3) is 0 Å². The number of benzene rings is 2. The van der Waals surface area contributed by atoms with Crippen molar-refractivity contribution in [2.24, 2.45) is 0 Å². The lowest BCUT2D eigenvalue weighted by atomic mass is 9.62. The lowest BCUT2D eigenvalue weighted by Gasteiger charge is -2.43. The zero-order chi connectivity index (χ0) is 22.8. The zero-order valence-electron chi connectivity index (χ0n) is 19.5. The van der Waals surface area contributed by atoms with E-state index in [4.69, 9.17) is 14.6 Å². The van der Waals surface area contributed by atoms with Crippen molar-refractivity contribution in [1.82, 2.24) is 0 Å². The van der Waals surface area contributed by atoms with Gasteiger partial charge in [0.15, 0.2) is 0 Å². The monoisotopic (exact) mass is 422 g/mol. The number of aryl methyl sites for hydroxylation is 1. The molecule has 0 amide bonds. The fourth-order valence-electron chi connectivity index (χ4n) is 4.51. The molecule has 0 aromatic heterocycles. The molecule has 31 heavy (non-hydrogen) atoms. The van der Waals surface area contributed by atoms with Crippen molar-refractivity contribution in [3.63, 3.8) is 0 Å². The van der Waals surface area contributed by atoms with Crippen molar-refractivity contribution in [2.45, 2.75) is 64.2 Å². The Morgan fingerprint density at radius 2 is 1.65 bits per heavy atom. The number of aliphatic carboxylic acids is 1. The topological polar surface area (TPSA) is 55.8 Å². The second kappa shape index (κ2) is 8.78. The van der Waals surface area contributed by atoms with Crippen molar-refractivity contribution in [3.05, 3.63) is 58.1 Å². The van der Waals surface area contributed by atoms with Gasteiger partial charge in [-0.15, -0.1) is 0 Å². The minimum Gasteiger partial charge on any atom is -0.496 e. The summed E-state index contributed by atoms with van der Waals surface area (Å²) < 4.78 is 11.8. The summed E-state index contributed by atoms with van der Waals surface area (Å²) in [5.41, 5.74) is 5.68. The van der Waals surface area contributed by atoms with Gasteiger partial charge in [0, 0.05) is 12.0 Å². The van der Waals surface area contributed by atoms with E-state index in [1.165, 1.54) is 11.1 Å². The average molecular weight is 423 g/mol. The minimum atomic E-state index is -0.776. The highest BCUT2D eigenvalue weighted by atomic mass is 16.5. The van der Waals surface area contributed by atoms with Gasteiger partial charge in [0.1, 0.15) is 11.5 Å². The van der Waals surface area contributed by atoms with E-state index in [9.17, 15) is 4.79 Å². The molecule has 0 unspecified atom stereocenters. The SMILES string of the molecule is COc1cc2c(c(OC)c1/C=C/c1ccc(CCC(=O)O)cc1)C(C)(C)CCC2(C)C. The highest BCUT2D eigenvalue weighted by molar-refractivity contribution is 5.79. The van der Waals surface area contributed by atoms with Crippen molar-refractivity contribution < 1.29 is 19.4 Å². The number of ether oxygens (including phenoxy) is 2. The third kappa shape index (κ3) is 4.79. The van der Waals surface area contributed by atoms with E-state index < -0.39 is 5.97 Å². The molecule has 0 saturated carbocycles. The Bertz CT molecular complexity index is 981. The van der Waals surface area contributed by atoms with Crippen LogP contribution in [0.4, 0.5) is 0 Å². The summed E-state index contributed by atoms with van der Waals surface area (Å²) in [6, 6.07) is 10.2. The first-order valence-electron chi connectivity index (χ1n) is 10.9. The zero-order valence-corrected chi connectivity index (χ0v) is 19.5. The van der Waals surface area contributed by atoms with Gasteiger partial charge in [0.2, 0.25) is 0 Å². The molecule has 2 aromatic rings. The number of hydrogen-bond donors (Lipinski definition) is 1. The first-order valence-corrected chi connectivity index (χ1v) is 10.9. The van der Waals surface area contributed by atoms with Crippen LogP contribution < -0.4 is 9.47 Å². The third-order valence-electron chi connectivity index (χ3n) is 6.54. The molecule has 166 valence electrons. The highest BCUT2D eigenvalue weighted by Crippen LogP contribution is 2.52. The predicted molar refractivity (Wildman–Crippen MR) is 126 cm³/mol. The number of carboxylic acid groups (broad SMARTS) is 1. The molecule has 0 spiro atoms. The fraction of sp³-hybridized carbons (Fsp3) is 0.444. The lowest BCUT2D eigenvalue weighted by molar-refractivity contribution is -0.136. The summed E-state index contributed by atoms with van der Waals surface area (Å²) in [4.78, 5) is 10.8. The fourth-order valence-corrected chi connectivity index (χ4v) is 4.51. The highest BCUT2D eigenvalue weighted by Gasteiger charge is 2.40. The minimum absolute atomic E-state index is 0.0246. The van der Waals surface area contributed by atoms with Crippen LogP contribution in [0.2, 0.25) is 0 Å². The van der Waals surface area contributed by atoms with Crippen LogP contribution in [-0.2, 0) is 22.0 Å². The van der Waals surface area contributed by atoms with Gasteiger partial charge in [-0.05, 0) is 58.9 Å². The molecular formula is C27H34O4. The van der Waals surface area contributed by atoms with Crippen LogP contribution >= 0.6 is 0 Å². The van der Waals surface area contributed by atoms with Gasteiger partial charge in [-0.1, -0.05) is 58.0 Å². The van der Waals surface area contributed by atoms with Crippen molar-refractivity contribution in [2.75, 3.05) is 14.2 Å². The molecule has 4 heteroatoms. The van der Waals surface area contributed by atoms with E-state index in [1.54, 1.807) is 14.2 Å². The normalized spacial score (nSPS) is 16.7. The molecule has 0 aliphatic heterocycles. The predicted octanol–water partition coefficient (Wildman–Crippen LogP) is 6.24. The molecule has 1 N–H and O–H groups in total. The van der Waals surface area contributed by atoms with E-state index >= 15 is 0 Å². The Labute approximate surface area is 185 Å². The number of carboxylic acids is 1. The van der Waals surface area contributed by atoms with E-state index in [-0.39, 0.29) is 17.3 Å². The summed E-state index contributed by atoms with van der Waals surface area (Å²) in [7, 11) is 3.44. The van der Waals surface area contributed by atoms with Crippen LogP contribution in [0.5, 0.6) is 11.5 Å². The lowest BCUT2D eigenvalue weighted by Crippen LogP contribution is -2.34. The standard InChI is InChI=1S/C27H34O4/c1-26(2)15-16-27(3,4)24-21(26)17-22(30-5)20(25(24)31-6)13-11-18-7-9-19(10-8-18)12-14-23(28)29/h7-11,13,17H,12,14-16H2,1-6H3,(H,28,29)/b13-11+. The summed E-state index contributed by atoms with van der Waals surface area (Å²) in [6.07, 6.45) is 7.03. The van der Waals surface area contributed by atoms with E-state index in [0.717, 1.165) is 41.0 Å². The molecule has 0 fully saturated rings. The van der Waals surface area contributed by atoms with E-state index in [2.05, 4.69) is 45.9 Å². The van der Waals surface area contributed by atoms with Crippen molar-refractivity contribution in [3.8, 4) is 11.5 Å². The van der Waals surface area contributed by atoms with Gasteiger partial charge >= 0.3 is 5.97 Å². The van der Waals surface area contributed by atoms with Gasteiger partial charge in [-0.3, -0.25) is 4.79 Å². The summed E-state index contributed by atoms with van der Waals surface area (Å²) >= 11 is 0. The second-order valence-corrected chi connectivity index (χ2v) is 9.68. The Hall–Kier alpha value is -2.75. The van der Waals surface area contributed by atoms with Crippen LogP contribution in [-0.4, -0.2) is 25.3 Å². The number of carbonyl (C=O) groups is 1. The van der Waals surface area contributed by atoms with Crippen LogP contribution in [0, 0.1) is 0 Å². The van der Waals surface area contributed by atoms with Crippen LogP contribution in [0.3, 0.4) is 0 Å². The Morgan fingerprint density at radius 1 is 1.00 bits per heavy atom. The van der Waals surface area contributed by atoms with E-state index in [0.29, 0.717) is 6.42 Å². The maximum Gasteiger partial charge on any atom is 0.303 e. The number of rotatable bonds is 7. The molecular weight excluding hydrogens is 388 g/mol. The summed E-state index contributed by atoms with van der Waals surface area (Å²) in [5, 5.41) is 8.86. The molecule has 1 aliphatic rings. The van der Waals surface area contributed by atoms with Crippen LogP contribution in [0.25, 0.3) is 12.2 Å². The van der Waals surface area contributed by atoms with Gasteiger partial charge in [-0.25, -0.2) is 0 Å². The third-order valence-corrected chi connectivity index (χ3v) is 6.54. The molecule has 2 aromatic carbocycles. The maximum absolute atomic E-state index is 10.8. The van der Waals surface area contributed by atoms with Crippen LogP contribution in [0.15, 0.2) is 30.3 Å². The van der Waals surface area contributed by atoms with Gasteiger partial charge < -0.3 is 14.6 Å². The number of fused-ring (bicyclic) bond motifs is 1. The second-order valence-electron chi connectivity index (χ2n) is 9.68. The molecule has 0 saturated heterocycles. The van der Waals surface area contributed by atoms with Crippen molar-refractivity contribution in [1.29, 1.82) is 0 Å². The smallest absolute Gasteiger partial charge is 0.303 e. The first-order chi connectivity index (χ1) is 14.6. The molecule has 0 bridgehead atoms. The number of hydrogen-bond acceptors (Lipinski definition) is 3. The Balaban J connectivity index is 2.02. The number of methoxy groups -OCH3 is 2. The van der Waals surface area contributed by atoms with E-state index in [1.807, 2.05) is 24.3 Å².